The third-order valence-electron chi connectivity index (χ3n) is 4.34. The quantitative estimate of drug-likeness (QED) is 0.617. The van der Waals surface area contributed by atoms with Gasteiger partial charge in [0.2, 0.25) is 5.91 Å². The second kappa shape index (κ2) is 9.48. The van der Waals surface area contributed by atoms with E-state index in [1.807, 2.05) is 53.7 Å². The first-order valence-corrected chi connectivity index (χ1v) is 9.83. The minimum Gasteiger partial charge on any atom is -0.497 e. The molecule has 1 heterocycles. The summed E-state index contributed by atoms with van der Waals surface area (Å²) in [5.74, 6) is 0.413. The van der Waals surface area contributed by atoms with E-state index >= 15 is 0 Å². The van der Waals surface area contributed by atoms with Gasteiger partial charge < -0.3 is 10.1 Å². The molecule has 0 spiro atoms. The predicted molar refractivity (Wildman–Crippen MR) is 110 cm³/mol. The van der Waals surface area contributed by atoms with E-state index < -0.39 is 0 Å². The number of thiophene rings is 1. The van der Waals surface area contributed by atoms with Crippen LogP contribution in [0.1, 0.15) is 22.0 Å². The first-order valence-electron chi connectivity index (χ1n) is 8.95. The van der Waals surface area contributed by atoms with E-state index in [1.165, 1.54) is 12.1 Å². The molecular formula is C22H23FN2O2S. The van der Waals surface area contributed by atoms with Crippen molar-refractivity contribution < 1.29 is 13.9 Å². The lowest BCUT2D eigenvalue weighted by molar-refractivity contribution is -0.122. The third-order valence-corrected chi connectivity index (χ3v) is 5.27. The van der Waals surface area contributed by atoms with Gasteiger partial charge in [0, 0.05) is 11.4 Å². The first kappa shape index (κ1) is 20.0. The third kappa shape index (κ3) is 5.41. The summed E-state index contributed by atoms with van der Waals surface area (Å²) in [6.45, 7) is 0.880. The van der Waals surface area contributed by atoms with Gasteiger partial charge in [-0.3, -0.25) is 9.69 Å². The molecular weight excluding hydrogens is 375 g/mol. The van der Waals surface area contributed by atoms with Gasteiger partial charge in [-0.2, -0.15) is 0 Å². The summed E-state index contributed by atoms with van der Waals surface area (Å²) < 4.78 is 18.5. The van der Waals surface area contributed by atoms with Crippen molar-refractivity contribution in [2.45, 2.75) is 12.6 Å². The van der Waals surface area contributed by atoms with Gasteiger partial charge in [-0.25, -0.2) is 4.39 Å². The molecule has 0 radical (unpaired) electrons. The van der Waals surface area contributed by atoms with E-state index in [9.17, 15) is 9.18 Å². The Kier molecular flexibility index (Phi) is 6.79. The Labute approximate surface area is 168 Å². The molecule has 0 aliphatic rings. The van der Waals surface area contributed by atoms with Crippen molar-refractivity contribution in [3.63, 3.8) is 0 Å². The number of likely N-dealkylation sites (N-methyl/N-ethyl adjacent to an activating group) is 1. The Hall–Kier alpha value is -2.70. The lowest BCUT2D eigenvalue weighted by atomic mass is 10.1. The number of nitrogens with one attached hydrogen (secondary N) is 1. The number of benzene rings is 2. The fourth-order valence-electron chi connectivity index (χ4n) is 3.02. The van der Waals surface area contributed by atoms with Gasteiger partial charge in [-0.15, -0.1) is 11.3 Å². The molecule has 3 aromatic rings. The van der Waals surface area contributed by atoms with Crippen LogP contribution in [0.4, 0.5) is 4.39 Å². The van der Waals surface area contributed by atoms with Crippen molar-refractivity contribution >= 4 is 17.2 Å². The largest absolute Gasteiger partial charge is 0.497 e. The van der Waals surface area contributed by atoms with Crippen molar-refractivity contribution in [3.8, 4) is 5.75 Å². The van der Waals surface area contributed by atoms with Gasteiger partial charge in [0.15, 0.2) is 0 Å². The van der Waals surface area contributed by atoms with Gasteiger partial charge in [0.05, 0.1) is 19.7 Å². The zero-order valence-electron chi connectivity index (χ0n) is 15.9. The van der Waals surface area contributed by atoms with Crippen molar-refractivity contribution in [2.24, 2.45) is 0 Å². The highest BCUT2D eigenvalue weighted by Crippen LogP contribution is 2.26. The smallest absolute Gasteiger partial charge is 0.234 e. The number of amides is 1. The molecule has 4 nitrogen and oxygen atoms in total. The Bertz CT molecular complexity index is 897. The van der Waals surface area contributed by atoms with Crippen LogP contribution in [-0.2, 0) is 11.3 Å². The fourth-order valence-corrected chi connectivity index (χ4v) is 3.82. The number of methoxy groups -OCH3 is 1. The molecule has 2 aromatic carbocycles. The van der Waals surface area contributed by atoms with Crippen molar-refractivity contribution in [2.75, 3.05) is 20.7 Å². The Balaban J connectivity index is 1.65. The molecule has 0 bridgehead atoms. The maximum atomic E-state index is 13.3. The number of carbonyl (C=O) groups excluding carboxylic acids is 1. The molecule has 6 heteroatoms. The zero-order chi connectivity index (χ0) is 19.9. The van der Waals surface area contributed by atoms with Gasteiger partial charge in [-0.05, 0) is 53.9 Å². The van der Waals surface area contributed by atoms with E-state index in [0.29, 0.717) is 6.54 Å². The lowest BCUT2D eigenvalue weighted by Gasteiger charge is -2.21. The summed E-state index contributed by atoms with van der Waals surface area (Å²) in [4.78, 5) is 15.6. The van der Waals surface area contributed by atoms with Crippen LogP contribution >= 0.6 is 11.3 Å². The highest BCUT2D eigenvalue weighted by molar-refractivity contribution is 7.10. The van der Waals surface area contributed by atoms with Gasteiger partial charge in [0.25, 0.3) is 0 Å². The Morgan fingerprint density at radius 3 is 2.64 bits per heavy atom. The normalized spacial score (nSPS) is 12.0. The monoisotopic (exact) mass is 398 g/mol. The van der Waals surface area contributed by atoms with Crippen LogP contribution in [0, 0.1) is 5.82 Å². The molecule has 28 heavy (non-hydrogen) atoms. The highest BCUT2D eigenvalue weighted by Gasteiger charge is 2.19. The average molecular weight is 399 g/mol. The maximum absolute atomic E-state index is 13.3. The van der Waals surface area contributed by atoms with Crippen molar-refractivity contribution in [3.05, 3.63) is 87.9 Å². The van der Waals surface area contributed by atoms with Crippen LogP contribution in [0.5, 0.6) is 5.75 Å². The van der Waals surface area contributed by atoms with E-state index in [2.05, 4.69) is 5.32 Å². The zero-order valence-corrected chi connectivity index (χ0v) is 16.7. The van der Waals surface area contributed by atoms with E-state index in [1.54, 1.807) is 30.6 Å². The van der Waals surface area contributed by atoms with Crippen LogP contribution in [0.15, 0.2) is 66.0 Å². The number of nitrogens with zero attached hydrogens (tertiary/aromatic N) is 1. The molecule has 0 aliphatic heterocycles. The van der Waals surface area contributed by atoms with Crippen molar-refractivity contribution in [1.82, 2.24) is 10.2 Å². The highest BCUT2D eigenvalue weighted by atomic mass is 32.1. The van der Waals surface area contributed by atoms with Crippen LogP contribution in [0.3, 0.4) is 0 Å². The lowest BCUT2D eigenvalue weighted by Crippen LogP contribution is -2.37. The fraction of sp³-hybridized carbons (Fsp3) is 0.227. The summed E-state index contributed by atoms with van der Waals surface area (Å²) in [6.07, 6.45) is 0. The standard InChI is InChI=1S/C22H23FN2O2S/c1-25(14-16-5-3-6-19(13-16)27-2)15-21(26)24-22(20-7-4-12-28-20)17-8-10-18(23)11-9-17/h3-13,22H,14-15H2,1-2H3,(H,24,26)/t22-/m1/s1. The molecule has 0 saturated carbocycles. The molecule has 146 valence electrons. The second-order valence-corrected chi connectivity index (χ2v) is 7.57. The molecule has 0 fully saturated rings. The summed E-state index contributed by atoms with van der Waals surface area (Å²) in [6, 6.07) is 17.7. The van der Waals surface area contributed by atoms with Crippen LogP contribution in [0.25, 0.3) is 0 Å². The van der Waals surface area contributed by atoms with Crippen LogP contribution in [-0.4, -0.2) is 31.5 Å². The first-order chi connectivity index (χ1) is 13.5. The number of hydrogen-bond acceptors (Lipinski definition) is 4. The Morgan fingerprint density at radius 1 is 1.18 bits per heavy atom. The number of rotatable bonds is 8. The van der Waals surface area contributed by atoms with Gasteiger partial charge in [0.1, 0.15) is 11.6 Å². The summed E-state index contributed by atoms with van der Waals surface area (Å²) >= 11 is 1.56. The maximum Gasteiger partial charge on any atom is 0.234 e. The Morgan fingerprint density at radius 2 is 1.96 bits per heavy atom. The summed E-state index contributed by atoms with van der Waals surface area (Å²) in [5, 5.41) is 5.04. The molecule has 0 unspecified atom stereocenters. The molecule has 0 aliphatic carbocycles. The molecule has 3 rings (SSSR count). The molecule has 1 atom stereocenters. The minimum absolute atomic E-state index is 0.0897. The SMILES string of the molecule is COc1cccc(CN(C)CC(=O)N[C@H](c2ccc(F)cc2)c2cccs2)c1. The van der Waals surface area contributed by atoms with E-state index in [0.717, 1.165) is 21.8 Å². The minimum atomic E-state index is -0.293. The van der Waals surface area contributed by atoms with Gasteiger partial charge in [-0.1, -0.05) is 30.3 Å². The average Bonchev–Trinajstić information content (AvgIpc) is 3.21. The molecule has 0 saturated heterocycles. The predicted octanol–water partition coefficient (Wildman–Crippen LogP) is 4.23. The van der Waals surface area contributed by atoms with Crippen LogP contribution in [0.2, 0.25) is 0 Å². The van der Waals surface area contributed by atoms with Crippen molar-refractivity contribution in [1.29, 1.82) is 0 Å². The molecule has 1 aromatic heterocycles. The van der Waals surface area contributed by atoms with E-state index in [4.69, 9.17) is 4.74 Å². The molecule has 1 N–H and O–H groups in total. The number of ether oxygens (including phenoxy) is 1. The second-order valence-electron chi connectivity index (χ2n) is 6.59. The topological polar surface area (TPSA) is 41.6 Å². The number of carbonyl (C=O) groups is 1. The summed E-state index contributed by atoms with van der Waals surface area (Å²) in [7, 11) is 3.54. The van der Waals surface area contributed by atoms with E-state index in [-0.39, 0.29) is 24.3 Å². The molecule has 1 amide bonds. The van der Waals surface area contributed by atoms with Gasteiger partial charge >= 0.3 is 0 Å². The number of hydrogen-bond donors (Lipinski definition) is 1. The number of halogens is 1. The summed E-state index contributed by atoms with van der Waals surface area (Å²) in [5.41, 5.74) is 1.93. The van der Waals surface area contributed by atoms with Crippen LogP contribution < -0.4 is 10.1 Å².